The van der Waals surface area contributed by atoms with Gasteiger partial charge in [-0.15, -0.1) is 0 Å². The van der Waals surface area contributed by atoms with Crippen molar-refractivity contribution in [3.05, 3.63) is 0 Å². The molecular weight excluding hydrogens is 136 g/mol. The second-order valence-corrected chi connectivity index (χ2v) is 1.40. The van der Waals surface area contributed by atoms with E-state index in [2.05, 4.69) is 4.74 Å². The highest BCUT2D eigenvalue weighted by Crippen LogP contribution is 1.94. The molecule has 0 aromatic carbocycles. The van der Waals surface area contributed by atoms with E-state index < -0.39 is 6.48 Å². The molecule has 0 aliphatic rings. The normalized spacial score (nSPS) is 9.90. The Bertz CT molecular complexity index is 77.8. The highest BCUT2D eigenvalue weighted by atomic mass is 16.8. The van der Waals surface area contributed by atoms with Gasteiger partial charge in [0, 0.05) is 0 Å². The van der Waals surface area contributed by atoms with E-state index in [4.69, 9.17) is 9.47 Å². The zero-order valence-electron chi connectivity index (χ0n) is 6.12. The van der Waals surface area contributed by atoms with Crippen molar-refractivity contribution in [2.75, 3.05) is 13.2 Å². The van der Waals surface area contributed by atoms with Crippen molar-refractivity contribution < 1.29 is 19.0 Å². The number of rotatable bonds is 6. The van der Waals surface area contributed by atoms with Crippen LogP contribution < -0.4 is 0 Å². The summed E-state index contributed by atoms with van der Waals surface area (Å²) in [6.07, 6.45) is 0. The van der Waals surface area contributed by atoms with Gasteiger partial charge in [-0.3, -0.25) is 0 Å². The molecule has 4 heteroatoms. The van der Waals surface area contributed by atoms with Crippen molar-refractivity contribution in [3.8, 4) is 0 Å². The zero-order chi connectivity index (χ0) is 7.82. The van der Waals surface area contributed by atoms with Crippen LogP contribution in [-0.4, -0.2) is 26.2 Å². The molecule has 0 saturated heterocycles. The minimum absolute atomic E-state index is 0.437. The molecule has 0 amide bonds. The van der Waals surface area contributed by atoms with Crippen LogP contribution in [0, 0.1) is 0 Å². The molecule has 0 bridgehead atoms. The Kier molecular flexibility index (Phi) is 6.11. The molecule has 0 N–H and O–H groups in total. The van der Waals surface area contributed by atoms with Crippen LogP contribution in [0.2, 0.25) is 0 Å². The third-order valence-corrected chi connectivity index (χ3v) is 0.750. The molecule has 0 aromatic rings. The average Bonchev–Trinajstić information content (AvgIpc) is 1.90. The van der Waals surface area contributed by atoms with E-state index in [1.165, 1.54) is 6.47 Å². The van der Waals surface area contributed by atoms with Gasteiger partial charge in [-0.1, -0.05) is 0 Å². The third kappa shape index (κ3) is 4.29. The Hall–Kier alpha value is -0.610. The highest BCUT2D eigenvalue weighted by Gasteiger charge is 2.06. The fourth-order valence-corrected chi connectivity index (χ4v) is 0.428. The van der Waals surface area contributed by atoms with Crippen LogP contribution >= 0.6 is 0 Å². The minimum Gasteiger partial charge on any atom is -0.402 e. The van der Waals surface area contributed by atoms with Gasteiger partial charge in [0.25, 0.3) is 0 Å². The van der Waals surface area contributed by atoms with Gasteiger partial charge in [-0.2, -0.15) is 0 Å². The molecule has 0 saturated carbocycles. The standard InChI is InChI=1S/C6H11O4/c1-3-8-6(9-4-2)10-5-7/h6H,3-4H2,1-2H3. The summed E-state index contributed by atoms with van der Waals surface area (Å²) in [6, 6.07) is 0. The first-order valence-electron chi connectivity index (χ1n) is 3.11. The fraction of sp³-hybridized carbons (Fsp3) is 0.833. The molecule has 0 aliphatic heterocycles. The lowest BCUT2D eigenvalue weighted by Crippen LogP contribution is -2.20. The first kappa shape index (κ1) is 9.39. The zero-order valence-corrected chi connectivity index (χ0v) is 6.12. The van der Waals surface area contributed by atoms with E-state index in [1.807, 2.05) is 0 Å². The van der Waals surface area contributed by atoms with Crippen molar-refractivity contribution >= 4 is 6.47 Å². The monoisotopic (exact) mass is 147 g/mol. The number of hydrogen-bond donors (Lipinski definition) is 0. The second kappa shape index (κ2) is 6.51. The van der Waals surface area contributed by atoms with Crippen molar-refractivity contribution in [1.82, 2.24) is 0 Å². The molecule has 10 heavy (non-hydrogen) atoms. The Morgan fingerprint density at radius 3 is 2.10 bits per heavy atom. The average molecular weight is 147 g/mol. The van der Waals surface area contributed by atoms with Gasteiger partial charge in [-0.05, 0) is 13.8 Å². The Morgan fingerprint density at radius 2 is 1.80 bits per heavy atom. The third-order valence-electron chi connectivity index (χ3n) is 0.750. The van der Waals surface area contributed by atoms with Crippen LogP contribution in [0.15, 0.2) is 0 Å². The summed E-state index contributed by atoms with van der Waals surface area (Å²) in [5.74, 6) is 0. The number of hydrogen-bond acceptors (Lipinski definition) is 4. The summed E-state index contributed by atoms with van der Waals surface area (Å²) in [7, 11) is 0. The van der Waals surface area contributed by atoms with E-state index >= 15 is 0 Å². The maximum Gasteiger partial charge on any atom is 0.421 e. The summed E-state index contributed by atoms with van der Waals surface area (Å²) in [5, 5.41) is 0. The molecule has 0 aliphatic carbocycles. The minimum atomic E-state index is -0.896. The Labute approximate surface area is 60.1 Å². The largest absolute Gasteiger partial charge is 0.421 e. The lowest BCUT2D eigenvalue weighted by atomic mass is 10.8. The summed E-state index contributed by atoms with van der Waals surface area (Å²) in [4.78, 5) is 9.66. The maximum atomic E-state index is 9.66. The SMILES string of the molecule is CCOC(O[C]=O)OCC. The van der Waals surface area contributed by atoms with Crippen LogP contribution in [0.1, 0.15) is 13.8 Å². The first-order chi connectivity index (χ1) is 4.85. The summed E-state index contributed by atoms with van der Waals surface area (Å²) in [5.41, 5.74) is 0. The van der Waals surface area contributed by atoms with Gasteiger partial charge in [0.05, 0.1) is 13.2 Å². The summed E-state index contributed by atoms with van der Waals surface area (Å²) >= 11 is 0. The molecule has 1 radical (unpaired) electrons. The van der Waals surface area contributed by atoms with Crippen molar-refractivity contribution in [1.29, 1.82) is 0 Å². The van der Waals surface area contributed by atoms with Crippen LogP contribution in [0.4, 0.5) is 0 Å². The van der Waals surface area contributed by atoms with Gasteiger partial charge in [0.2, 0.25) is 0 Å². The number of ether oxygens (including phenoxy) is 3. The van der Waals surface area contributed by atoms with Gasteiger partial charge in [0.1, 0.15) is 0 Å². The molecule has 0 unspecified atom stereocenters. The molecule has 0 atom stereocenters. The van der Waals surface area contributed by atoms with Gasteiger partial charge < -0.3 is 14.2 Å². The molecule has 4 nitrogen and oxygen atoms in total. The van der Waals surface area contributed by atoms with Crippen molar-refractivity contribution in [2.45, 2.75) is 20.3 Å². The topological polar surface area (TPSA) is 44.8 Å². The first-order valence-corrected chi connectivity index (χ1v) is 3.11. The fourth-order valence-electron chi connectivity index (χ4n) is 0.428. The van der Waals surface area contributed by atoms with E-state index in [-0.39, 0.29) is 0 Å². The van der Waals surface area contributed by atoms with Crippen LogP contribution in [-0.2, 0) is 19.0 Å². The van der Waals surface area contributed by atoms with Crippen LogP contribution in [0.25, 0.3) is 0 Å². The summed E-state index contributed by atoms with van der Waals surface area (Å²) < 4.78 is 13.9. The maximum absolute atomic E-state index is 9.66. The van der Waals surface area contributed by atoms with Crippen molar-refractivity contribution in [2.24, 2.45) is 0 Å². The Morgan fingerprint density at radius 1 is 1.30 bits per heavy atom. The molecule has 0 heterocycles. The molecule has 0 rings (SSSR count). The molecule has 0 fully saturated rings. The predicted octanol–water partition coefficient (Wildman–Crippen LogP) is 0.427. The van der Waals surface area contributed by atoms with Gasteiger partial charge in [0.15, 0.2) is 0 Å². The van der Waals surface area contributed by atoms with E-state index in [0.29, 0.717) is 13.2 Å². The van der Waals surface area contributed by atoms with Crippen molar-refractivity contribution in [3.63, 3.8) is 0 Å². The molecule has 0 aromatic heterocycles. The van der Waals surface area contributed by atoms with E-state index in [1.54, 1.807) is 13.8 Å². The second-order valence-electron chi connectivity index (χ2n) is 1.40. The molecular formula is C6H11O4. The highest BCUT2D eigenvalue weighted by molar-refractivity contribution is 5.38. The molecule has 0 spiro atoms. The van der Waals surface area contributed by atoms with Gasteiger partial charge >= 0.3 is 12.9 Å². The van der Waals surface area contributed by atoms with Crippen LogP contribution in [0.5, 0.6) is 0 Å². The quantitative estimate of drug-likeness (QED) is 0.511. The molecule has 59 valence electrons. The van der Waals surface area contributed by atoms with Crippen LogP contribution in [0.3, 0.4) is 0 Å². The number of carbonyl (C=O) groups excluding carboxylic acids is 1. The van der Waals surface area contributed by atoms with Gasteiger partial charge in [-0.25, -0.2) is 4.79 Å². The van der Waals surface area contributed by atoms with E-state index in [9.17, 15) is 4.79 Å². The lowest BCUT2D eigenvalue weighted by Gasteiger charge is -2.12. The van der Waals surface area contributed by atoms with E-state index in [0.717, 1.165) is 0 Å². The Balaban J connectivity index is 3.38. The smallest absolute Gasteiger partial charge is 0.402 e. The predicted molar refractivity (Wildman–Crippen MR) is 33.8 cm³/mol. The lowest BCUT2D eigenvalue weighted by molar-refractivity contribution is -0.249. The summed E-state index contributed by atoms with van der Waals surface area (Å²) in [6.45, 7) is 4.77.